The standard InChI is InChI=1S/C25H32N2O5.ClH/c1-5-31-24(29)21-16-19(8-11-22(21)27-12-14-30-15-13-27)26-23(28)17-32-20-9-6-18(7-10-20)25(2,3)4;/h6-11,16H,5,12-15,17H2,1-4H3,(H,26,28);1H. The van der Waals surface area contributed by atoms with Gasteiger partial charge < -0.3 is 24.4 Å². The molecule has 0 aliphatic carbocycles. The van der Waals surface area contributed by atoms with E-state index in [1.54, 1.807) is 19.1 Å². The number of anilines is 2. The minimum atomic E-state index is -0.416. The number of esters is 1. The molecule has 0 unspecified atom stereocenters. The number of amides is 1. The molecule has 180 valence electrons. The zero-order chi connectivity index (χ0) is 23.1. The number of hydrogen-bond acceptors (Lipinski definition) is 6. The smallest absolute Gasteiger partial charge is 0.340 e. The van der Waals surface area contributed by atoms with Gasteiger partial charge in [0.25, 0.3) is 5.91 Å². The van der Waals surface area contributed by atoms with Crippen LogP contribution >= 0.6 is 12.4 Å². The SMILES string of the molecule is CCOC(=O)c1cc(NC(=O)COc2ccc(C(C)(C)C)cc2)ccc1N1CCOCC1.Cl. The molecule has 0 saturated carbocycles. The second-order valence-electron chi connectivity index (χ2n) is 8.66. The molecule has 1 aliphatic rings. The molecule has 1 saturated heterocycles. The van der Waals surface area contributed by atoms with Crippen LogP contribution in [0.2, 0.25) is 0 Å². The summed E-state index contributed by atoms with van der Waals surface area (Å²) >= 11 is 0. The van der Waals surface area contributed by atoms with E-state index in [4.69, 9.17) is 14.2 Å². The summed E-state index contributed by atoms with van der Waals surface area (Å²) in [5, 5.41) is 2.80. The lowest BCUT2D eigenvalue weighted by atomic mass is 9.87. The fraction of sp³-hybridized carbons (Fsp3) is 0.440. The molecule has 8 heteroatoms. The summed E-state index contributed by atoms with van der Waals surface area (Å²) in [5.41, 5.74) is 2.97. The number of ether oxygens (including phenoxy) is 3. The van der Waals surface area contributed by atoms with Crippen molar-refractivity contribution in [1.82, 2.24) is 0 Å². The van der Waals surface area contributed by atoms with E-state index in [9.17, 15) is 9.59 Å². The summed E-state index contributed by atoms with van der Waals surface area (Å²) in [4.78, 5) is 27.1. The van der Waals surface area contributed by atoms with E-state index in [1.165, 1.54) is 5.56 Å². The van der Waals surface area contributed by atoms with Crippen molar-refractivity contribution >= 4 is 35.7 Å². The van der Waals surface area contributed by atoms with Crippen LogP contribution in [-0.4, -0.2) is 51.4 Å². The van der Waals surface area contributed by atoms with E-state index >= 15 is 0 Å². The van der Waals surface area contributed by atoms with Crippen LogP contribution in [0.3, 0.4) is 0 Å². The molecular formula is C25H33ClN2O5. The molecular weight excluding hydrogens is 444 g/mol. The zero-order valence-electron chi connectivity index (χ0n) is 19.7. The lowest BCUT2D eigenvalue weighted by Crippen LogP contribution is -2.37. The Balaban J connectivity index is 0.00000385. The summed E-state index contributed by atoms with van der Waals surface area (Å²) in [7, 11) is 0. The highest BCUT2D eigenvalue weighted by molar-refractivity contribution is 5.99. The van der Waals surface area contributed by atoms with Gasteiger partial charge in [-0.25, -0.2) is 4.79 Å². The van der Waals surface area contributed by atoms with Gasteiger partial charge in [-0.3, -0.25) is 4.79 Å². The Labute approximate surface area is 201 Å². The molecule has 0 spiro atoms. The van der Waals surface area contributed by atoms with E-state index in [0.717, 1.165) is 5.69 Å². The highest BCUT2D eigenvalue weighted by Gasteiger charge is 2.21. The Morgan fingerprint density at radius 3 is 2.33 bits per heavy atom. The fourth-order valence-corrected chi connectivity index (χ4v) is 3.46. The second kappa shape index (κ2) is 11.9. The van der Waals surface area contributed by atoms with Crippen LogP contribution in [0, 0.1) is 0 Å². The predicted molar refractivity (Wildman–Crippen MR) is 132 cm³/mol. The van der Waals surface area contributed by atoms with E-state index in [2.05, 4.69) is 31.0 Å². The van der Waals surface area contributed by atoms with Gasteiger partial charge in [0.2, 0.25) is 0 Å². The van der Waals surface area contributed by atoms with Crippen molar-refractivity contribution in [1.29, 1.82) is 0 Å². The third-order valence-corrected chi connectivity index (χ3v) is 5.22. The number of halogens is 1. The molecule has 0 radical (unpaired) electrons. The van der Waals surface area contributed by atoms with Crippen LogP contribution in [0.25, 0.3) is 0 Å². The molecule has 2 aromatic rings. The van der Waals surface area contributed by atoms with Crippen LogP contribution < -0.4 is 15.0 Å². The predicted octanol–water partition coefficient (Wildman–Crippen LogP) is 4.44. The van der Waals surface area contributed by atoms with Gasteiger partial charge in [-0.1, -0.05) is 32.9 Å². The minimum Gasteiger partial charge on any atom is -0.484 e. The first-order valence-electron chi connectivity index (χ1n) is 10.9. The Morgan fingerprint density at radius 1 is 1.06 bits per heavy atom. The quantitative estimate of drug-likeness (QED) is 0.595. The molecule has 1 aliphatic heterocycles. The van der Waals surface area contributed by atoms with Gasteiger partial charge in [0.05, 0.1) is 31.1 Å². The lowest BCUT2D eigenvalue weighted by molar-refractivity contribution is -0.118. The van der Waals surface area contributed by atoms with Crippen molar-refractivity contribution in [2.75, 3.05) is 49.7 Å². The monoisotopic (exact) mass is 476 g/mol. The van der Waals surface area contributed by atoms with Gasteiger partial charge in [-0.15, -0.1) is 12.4 Å². The van der Waals surface area contributed by atoms with Crippen LogP contribution in [0.1, 0.15) is 43.6 Å². The molecule has 0 aromatic heterocycles. The average Bonchev–Trinajstić information content (AvgIpc) is 2.78. The van der Waals surface area contributed by atoms with E-state index in [1.807, 2.05) is 30.3 Å². The van der Waals surface area contributed by atoms with Crippen LogP contribution in [-0.2, 0) is 19.7 Å². The number of morpholine rings is 1. The van der Waals surface area contributed by atoms with Crippen molar-refractivity contribution < 1.29 is 23.8 Å². The molecule has 0 atom stereocenters. The van der Waals surface area contributed by atoms with Crippen LogP contribution in [0.15, 0.2) is 42.5 Å². The van der Waals surface area contributed by atoms with Crippen molar-refractivity contribution in [3.63, 3.8) is 0 Å². The summed E-state index contributed by atoms with van der Waals surface area (Å²) < 4.78 is 16.2. The van der Waals surface area contributed by atoms with Crippen molar-refractivity contribution in [3.8, 4) is 5.75 Å². The van der Waals surface area contributed by atoms with Crippen molar-refractivity contribution in [3.05, 3.63) is 53.6 Å². The number of carbonyl (C=O) groups is 2. The zero-order valence-corrected chi connectivity index (χ0v) is 20.5. The lowest BCUT2D eigenvalue weighted by Gasteiger charge is -2.30. The topological polar surface area (TPSA) is 77.1 Å². The Hall–Kier alpha value is -2.77. The molecule has 1 heterocycles. The Kier molecular flexibility index (Phi) is 9.56. The molecule has 7 nitrogen and oxygen atoms in total. The largest absolute Gasteiger partial charge is 0.484 e. The average molecular weight is 477 g/mol. The summed E-state index contributed by atoms with van der Waals surface area (Å²) in [5.74, 6) is -0.0952. The number of benzene rings is 2. The molecule has 1 fully saturated rings. The third-order valence-electron chi connectivity index (χ3n) is 5.22. The Bertz CT molecular complexity index is 935. The van der Waals surface area contributed by atoms with Gasteiger partial charge in [-0.05, 0) is 48.2 Å². The van der Waals surface area contributed by atoms with E-state index in [-0.39, 0.29) is 36.9 Å². The highest BCUT2D eigenvalue weighted by Crippen LogP contribution is 2.27. The Morgan fingerprint density at radius 2 is 1.73 bits per heavy atom. The maximum Gasteiger partial charge on any atom is 0.340 e. The first-order valence-corrected chi connectivity index (χ1v) is 10.9. The molecule has 1 N–H and O–H groups in total. The third kappa shape index (κ3) is 7.37. The number of rotatable bonds is 7. The van der Waals surface area contributed by atoms with Crippen molar-refractivity contribution in [2.45, 2.75) is 33.1 Å². The van der Waals surface area contributed by atoms with Gasteiger partial charge in [-0.2, -0.15) is 0 Å². The van der Waals surface area contributed by atoms with E-state index < -0.39 is 5.97 Å². The van der Waals surface area contributed by atoms with Crippen LogP contribution in [0.5, 0.6) is 5.75 Å². The molecule has 2 aromatic carbocycles. The number of nitrogens with one attached hydrogen (secondary N) is 1. The maximum absolute atomic E-state index is 12.5. The van der Waals surface area contributed by atoms with Gasteiger partial charge in [0.15, 0.2) is 6.61 Å². The number of carbonyl (C=O) groups excluding carboxylic acids is 2. The summed E-state index contributed by atoms with van der Waals surface area (Å²) in [6, 6.07) is 13.0. The molecule has 0 bridgehead atoms. The first-order chi connectivity index (χ1) is 15.3. The summed E-state index contributed by atoms with van der Waals surface area (Å²) in [6.45, 7) is 10.9. The maximum atomic E-state index is 12.5. The number of hydrogen-bond donors (Lipinski definition) is 1. The van der Waals surface area contributed by atoms with Gasteiger partial charge in [0.1, 0.15) is 5.75 Å². The highest BCUT2D eigenvalue weighted by atomic mass is 35.5. The second-order valence-corrected chi connectivity index (χ2v) is 8.66. The van der Waals surface area contributed by atoms with E-state index in [0.29, 0.717) is 43.3 Å². The minimum absolute atomic E-state index is 0. The summed E-state index contributed by atoms with van der Waals surface area (Å²) in [6.07, 6.45) is 0. The molecule has 3 rings (SSSR count). The molecule has 33 heavy (non-hydrogen) atoms. The van der Waals surface area contributed by atoms with Gasteiger partial charge >= 0.3 is 5.97 Å². The fourth-order valence-electron chi connectivity index (χ4n) is 3.46. The van der Waals surface area contributed by atoms with Crippen molar-refractivity contribution in [2.24, 2.45) is 0 Å². The van der Waals surface area contributed by atoms with Gasteiger partial charge in [0, 0.05) is 18.8 Å². The van der Waals surface area contributed by atoms with Crippen LogP contribution in [0.4, 0.5) is 11.4 Å². The first kappa shape index (κ1) is 26.5. The molecule has 1 amide bonds. The normalized spacial score (nSPS) is 13.6. The number of nitrogens with zero attached hydrogens (tertiary/aromatic N) is 1.